The van der Waals surface area contributed by atoms with E-state index < -0.39 is 34.9 Å². The summed E-state index contributed by atoms with van der Waals surface area (Å²) in [4.78, 5) is 32.1. The monoisotopic (exact) mass is 934 g/mol. The minimum atomic E-state index is -1.26. The van der Waals surface area contributed by atoms with Crippen molar-refractivity contribution in [3.8, 4) is 23.0 Å². The van der Waals surface area contributed by atoms with Crippen molar-refractivity contribution in [2.24, 2.45) is 9.98 Å². The van der Waals surface area contributed by atoms with Gasteiger partial charge in [-0.1, -0.05) is 160 Å². The number of carbonyl (C=O) groups is 2. The zero-order valence-corrected chi connectivity index (χ0v) is 40.4. The van der Waals surface area contributed by atoms with Crippen molar-refractivity contribution < 1.29 is 56.7 Å². The van der Waals surface area contributed by atoms with E-state index in [4.69, 9.17) is 20.2 Å². The van der Waals surface area contributed by atoms with Crippen LogP contribution in [0.2, 0.25) is 0 Å². The summed E-state index contributed by atoms with van der Waals surface area (Å²) in [6.45, 7) is 12.1. The number of para-hydroxylation sites is 2. The van der Waals surface area contributed by atoms with Crippen LogP contribution >= 0.6 is 0 Å². The Hall–Kier alpha value is -5.41. The second kappa shape index (κ2) is 33.1. The molecule has 4 N–H and O–H groups in total. The van der Waals surface area contributed by atoms with Gasteiger partial charge in [0, 0.05) is 0 Å². The van der Waals surface area contributed by atoms with Gasteiger partial charge in [-0.2, -0.15) is 0 Å². The zero-order chi connectivity index (χ0) is 47.3. The third kappa shape index (κ3) is 20.1. The van der Waals surface area contributed by atoms with Crippen molar-refractivity contribution in [1.29, 1.82) is 0 Å². The van der Waals surface area contributed by atoms with E-state index in [0.29, 0.717) is 36.8 Å². The minimum absolute atomic E-state index is 0. The Kier molecular flexibility index (Phi) is 29.4. The number of aryl methyl sites for hydroxylation is 2. The molecule has 11 heteroatoms. The first-order valence-corrected chi connectivity index (χ1v) is 23.4. The first-order chi connectivity index (χ1) is 30.9. The van der Waals surface area contributed by atoms with Gasteiger partial charge < -0.3 is 30.6 Å². The van der Waals surface area contributed by atoms with Crippen LogP contribution in [-0.4, -0.2) is 43.8 Å². The molecule has 0 fully saturated rings. The number of allylic oxidation sites excluding steroid dienone is 2. The summed E-state index contributed by atoms with van der Waals surface area (Å²) in [6.07, 6.45) is 23.2. The number of benzene rings is 4. The molecule has 10 nitrogen and oxygen atoms in total. The van der Waals surface area contributed by atoms with Gasteiger partial charge in [-0.05, 0) is 116 Å². The largest absolute Gasteiger partial charge is 2.00 e. The van der Waals surface area contributed by atoms with Crippen LogP contribution in [-0.2, 0) is 42.2 Å². The van der Waals surface area contributed by atoms with E-state index in [9.17, 15) is 30.0 Å². The molecule has 0 aromatic heterocycles. The molecule has 0 atom stereocenters. The normalized spacial score (nSPS) is 11.3. The maximum Gasteiger partial charge on any atom is 2.00 e. The first kappa shape index (κ1) is 57.6. The standard InChI is InChI=1S/C30H42N2.2C12H16O4.Ni/c1-3-5-7-9-11-19-25-29(31-27-21-15-13-16-22-27)30(26-20-12-10-8-6-4-2)32-28-23-17-14-18-24-28;2*1-3-5-8-7(4-2)6-9(13)11(14)10(8)12(15)16;/h13-19,21-25H,3-12,20,26H2,1-2H3;2*6,13-14H,3-5H2,1-2H3,(H,15,16);/q;;;+2/p-2. The molecule has 0 aliphatic heterocycles. The van der Waals surface area contributed by atoms with Gasteiger partial charge in [0.2, 0.25) is 0 Å². The van der Waals surface area contributed by atoms with E-state index in [1.807, 2.05) is 52.0 Å². The molecule has 0 saturated carbocycles. The summed E-state index contributed by atoms with van der Waals surface area (Å²) in [6, 6.07) is 23.3. The van der Waals surface area contributed by atoms with E-state index in [1.165, 1.54) is 69.9 Å². The van der Waals surface area contributed by atoms with Gasteiger partial charge in [0.05, 0.1) is 33.9 Å². The van der Waals surface area contributed by atoms with E-state index in [1.54, 1.807) is 0 Å². The Morgan fingerprint density at radius 2 is 0.985 bits per heavy atom. The molecule has 65 heavy (non-hydrogen) atoms. The number of rotatable bonds is 24. The molecule has 4 aromatic carbocycles. The number of hydrogen-bond donors (Lipinski definition) is 4. The smallest absolute Gasteiger partial charge is 0.869 e. The minimum Gasteiger partial charge on any atom is -0.869 e. The number of carboxylic acids is 2. The molecule has 0 aliphatic carbocycles. The fraction of sp³-hybridized carbons (Fsp3) is 0.444. The quantitative estimate of drug-likeness (QED) is 0.0304. The molecule has 0 heterocycles. The van der Waals surface area contributed by atoms with Crippen molar-refractivity contribution in [2.75, 3.05) is 0 Å². The number of phenols is 2. The van der Waals surface area contributed by atoms with Crippen LogP contribution in [0.3, 0.4) is 0 Å². The maximum atomic E-state index is 11.5. The van der Waals surface area contributed by atoms with Crippen LogP contribution in [0, 0.1) is 0 Å². The Balaban J connectivity index is 0.000000537. The van der Waals surface area contributed by atoms with Crippen molar-refractivity contribution in [1.82, 2.24) is 0 Å². The summed E-state index contributed by atoms with van der Waals surface area (Å²) < 4.78 is 0. The molecular weight excluding hydrogens is 863 g/mol. The van der Waals surface area contributed by atoms with E-state index in [2.05, 4.69) is 62.4 Å². The molecule has 4 aromatic rings. The summed E-state index contributed by atoms with van der Waals surface area (Å²) >= 11 is 0. The van der Waals surface area contributed by atoms with Gasteiger partial charge in [0.25, 0.3) is 0 Å². The molecule has 356 valence electrons. The second-order valence-corrected chi connectivity index (χ2v) is 15.8. The predicted molar refractivity (Wildman–Crippen MR) is 259 cm³/mol. The van der Waals surface area contributed by atoms with Crippen LogP contribution in [0.25, 0.3) is 0 Å². The van der Waals surface area contributed by atoms with Crippen LogP contribution in [0.1, 0.15) is 174 Å². The average Bonchev–Trinajstić information content (AvgIpc) is 3.28. The molecule has 0 spiro atoms. The average molecular weight is 936 g/mol. The van der Waals surface area contributed by atoms with Gasteiger partial charge in [0.1, 0.15) is 11.5 Å². The van der Waals surface area contributed by atoms with Crippen molar-refractivity contribution >= 4 is 34.7 Å². The van der Waals surface area contributed by atoms with E-state index in [-0.39, 0.29) is 27.6 Å². The molecular formula is C54H72N2NiO8. The van der Waals surface area contributed by atoms with Gasteiger partial charge in [-0.15, -0.1) is 0 Å². The topological polar surface area (TPSA) is 186 Å². The molecule has 0 amide bonds. The van der Waals surface area contributed by atoms with Gasteiger partial charge >= 0.3 is 28.4 Å². The Bertz CT molecular complexity index is 2020. The number of phenolic OH excluding ortho intramolecular Hbond substituents is 2. The number of unbranched alkanes of at least 4 members (excludes halogenated alkanes) is 9. The van der Waals surface area contributed by atoms with E-state index in [0.717, 1.165) is 66.0 Å². The van der Waals surface area contributed by atoms with Crippen molar-refractivity contribution in [2.45, 2.75) is 157 Å². The van der Waals surface area contributed by atoms with Crippen LogP contribution in [0.4, 0.5) is 11.4 Å². The summed E-state index contributed by atoms with van der Waals surface area (Å²) in [5.74, 6) is -5.05. The fourth-order valence-electron chi connectivity index (χ4n) is 7.34. The van der Waals surface area contributed by atoms with Gasteiger partial charge in [0.15, 0.2) is 0 Å². The van der Waals surface area contributed by atoms with Gasteiger partial charge in [-0.25, -0.2) is 14.6 Å². The fourth-order valence-corrected chi connectivity index (χ4v) is 7.34. The molecule has 0 aliphatic rings. The molecule has 0 bridgehead atoms. The third-order valence-corrected chi connectivity index (χ3v) is 10.7. The summed E-state index contributed by atoms with van der Waals surface area (Å²) in [7, 11) is 0. The van der Waals surface area contributed by atoms with Gasteiger partial charge in [-0.3, -0.25) is 4.99 Å². The van der Waals surface area contributed by atoms with Crippen molar-refractivity contribution in [3.05, 3.63) is 118 Å². The molecule has 0 radical (unpaired) electrons. The van der Waals surface area contributed by atoms with Crippen LogP contribution < -0.4 is 10.2 Å². The Morgan fingerprint density at radius 3 is 1.40 bits per heavy atom. The number of nitrogens with zero attached hydrogens (tertiary/aromatic N) is 2. The SMILES string of the molecule is CCCCCCC=CC(=Nc1ccccc1)C(CCCCCCCC)=Nc1ccccc1.CCCc1c(CC)cc(O)c([O-])c1C(=O)O.CCCc1c(CC)cc(O)c([O-])c1C(=O)O.[Ni+2]. The van der Waals surface area contributed by atoms with Crippen LogP contribution in [0.5, 0.6) is 23.0 Å². The molecule has 4 rings (SSSR count). The number of hydrogen-bond acceptors (Lipinski definition) is 8. The van der Waals surface area contributed by atoms with Crippen LogP contribution in [0.15, 0.2) is 94.9 Å². The van der Waals surface area contributed by atoms with E-state index >= 15 is 0 Å². The Labute approximate surface area is 398 Å². The van der Waals surface area contributed by atoms with Crippen molar-refractivity contribution in [3.63, 3.8) is 0 Å². The summed E-state index contributed by atoms with van der Waals surface area (Å²) in [5.41, 5.74) is 6.11. The maximum absolute atomic E-state index is 11.5. The number of aliphatic imine (C=N–C) groups is 2. The predicted octanol–water partition coefficient (Wildman–Crippen LogP) is 13.2. The second-order valence-electron chi connectivity index (χ2n) is 15.8. The molecule has 0 saturated heterocycles. The summed E-state index contributed by atoms with van der Waals surface area (Å²) in [5, 5.41) is 59.9. The number of aromatic hydroxyl groups is 2. The number of carboxylic acid groups (broad SMARTS) is 2. The Morgan fingerprint density at radius 1 is 0.569 bits per heavy atom. The zero-order valence-electron chi connectivity index (χ0n) is 39.4. The first-order valence-electron chi connectivity index (χ1n) is 23.4. The molecule has 0 unspecified atom stereocenters. The third-order valence-electron chi connectivity index (χ3n) is 10.7. The number of aromatic carboxylic acids is 2.